The molecule has 0 spiro atoms. The summed E-state index contributed by atoms with van der Waals surface area (Å²) in [7, 11) is 0. The number of nitro benzene ring substituents is 1. The molecule has 10 nitrogen and oxygen atoms in total. The van der Waals surface area contributed by atoms with E-state index in [0.29, 0.717) is 0 Å². The Morgan fingerprint density at radius 1 is 1.16 bits per heavy atom. The third kappa shape index (κ3) is 5.23. The number of hydrogen-bond donors (Lipinski definition) is 1. The second-order valence-electron chi connectivity index (χ2n) is 6.66. The number of esters is 1. The molecule has 11 heteroatoms. The van der Waals surface area contributed by atoms with Gasteiger partial charge in [0.25, 0.3) is 11.6 Å². The Kier molecular flexibility index (Phi) is 6.61. The van der Waals surface area contributed by atoms with Crippen molar-refractivity contribution in [3.05, 3.63) is 74.8 Å². The molecule has 0 aliphatic carbocycles. The minimum atomic E-state index is -0.858. The number of amides is 2. The molecule has 0 unspecified atom stereocenters. The van der Waals surface area contributed by atoms with Crippen LogP contribution >= 0.6 is 11.6 Å². The fourth-order valence-electron chi connectivity index (χ4n) is 2.91. The lowest BCUT2D eigenvalue weighted by molar-refractivity contribution is -0.384. The van der Waals surface area contributed by atoms with Crippen molar-refractivity contribution in [3.8, 4) is 0 Å². The summed E-state index contributed by atoms with van der Waals surface area (Å²) in [5.74, 6) is -3.25. The number of carbonyl (C=O) groups excluding carboxylic acids is 4. The van der Waals surface area contributed by atoms with E-state index in [1.54, 1.807) is 12.1 Å². The summed E-state index contributed by atoms with van der Waals surface area (Å²) >= 11 is 5.96. The molecule has 0 aromatic heterocycles. The number of carbonyl (C=O) groups is 4. The van der Waals surface area contributed by atoms with E-state index in [2.05, 4.69) is 5.43 Å². The maximum Gasteiger partial charge on any atom is 0.311 e. The van der Waals surface area contributed by atoms with Gasteiger partial charge in [-0.2, -0.15) is 0 Å². The van der Waals surface area contributed by atoms with E-state index in [0.717, 1.165) is 5.01 Å². The number of hydrogen-bond acceptors (Lipinski definition) is 7. The largest absolute Gasteiger partial charge is 0.457 e. The minimum Gasteiger partial charge on any atom is -0.457 e. The summed E-state index contributed by atoms with van der Waals surface area (Å²) in [4.78, 5) is 58.8. The van der Waals surface area contributed by atoms with E-state index in [9.17, 15) is 29.3 Å². The molecule has 1 heterocycles. The van der Waals surface area contributed by atoms with Crippen LogP contribution in [0.2, 0.25) is 5.02 Å². The Labute approximate surface area is 180 Å². The van der Waals surface area contributed by atoms with E-state index in [1.807, 2.05) is 0 Å². The fourth-order valence-corrected chi connectivity index (χ4v) is 3.13. The molecule has 1 aliphatic rings. The number of ether oxygens (including phenoxy) is 1. The molecule has 2 amide bonds. The number of Topliss-reactive ketones (excluding diaryl/α,β-unsaturated/α-hetero) is 1. The van der Waals surface area contributed by atoms with Gasteiger partial charge in [0.15, 0.2) is 12.4 Å². The summed E-state index contributed by atoms with van der Waals surface area (Å²) < 4.78 is 4.99. The van der Waals surface area contributed by atoms with Crippen LogP contribution in [0.25, 0.3) is 0 Å². The van der Waals surface area contributed by atoms with Gasteiger partial charge in [-0.25, -0.2) is 0 Å². The van der Waals surface area contributed by atoms with E-state index in [4.69, 9.17) is 16.3 Å². The molecule has 0 bridgehead atoms. The molecule has 31 heavy (non-hydrogen) atoms. The van der Waals surface area contributed by atoms with Gasteiger partial charge >= 0.3 is 5.97 Å². The monoisotopic (exact) mass is 445 g/mol. The fraction of sp³-hybridized carbons (Fsp3) is 0.200. The topological polar surface area (TPSA) is 136 Å². The average Bonchev–Trinajstić information content (AvgIpc) is 3.12. The van der Waals surface area contributed by atoms with E-state index in [1.165, 1.54) is 36.4 Å². The van der Waals surface area contributed by atoms with E-state index < -0.39 is 41.0 Å². The van der Waals surface area contributed by atoms with Crippen molar-refractivity contribution < 1.29 is 28.8 Å². The van der Waals surface area contributed by atoms with Gasteiger partial charge in [-0.1, -0.05) is 23.7 Å². The van der Waals surface area contributed by atoms with Gasteiger partial charge in [-0.15, -0.1) is 0 Å². The van der Waals surface area contributed by atoms with Crippen molar-refractivity contribution >= 4 is 40.9 Å². The number of halogens is 1. The van der Waals surface area contributed by atoms with Crippen LogP contribution in [0.5, 0.6) is 0 Å². The van der Waals surface area contributed by atoms with Crippen LogP contribution in [0, 0.1) is 16.0 Å². The molecule has 2 aromatic rings. The van der Waals surface area contributed by atoms with Gasteiger partial charge in [-0.05, 0) is 24.3 Å². The molecule has 0 saturated carbocycles. The quantitative estimate of drug-likeness (QED) is 0.298. The maximum atomic E-state index is 12.3. The van der Waals surface area contributed by atoms with Crippen molar-refractivity contribution in [2.45, 2.75) is 6.42 Å². The van der Waals surface area contributed by atoms with Gasteiger partial charge < -0.3 is 4.74 Å². The highest BCUT2D eigenvalue weighted by atomic mass is 35.5. The maximum absolute atomic E-state index is 12.3. The highest BCUT2D eigenvalue weighted by Gasteiger charge is 2.37. The summed E-state index contributed by atoms with van der Waals surface area (Å²) in [6.45, 7) is -0.688. The lowest BCUT2D eigenvalue weighted by Crippen LogP contribution is -2.43. The summed E-state index contributed by atoms with van der Waals surface area (Å²) in [6, 6.07) is 11.2. The highest BCUT2D eigenvalue weighted by Crippen LogP contribution is 2.20. The lowest BCUT2D eigenvalue weighted by atomic mass is 10.1. The number of ketones is 1. The first-order chi connectivity index (χ1) is 14.8. The van der Waals surface area contributed by atoms with Crippen molar-refractivity contribution in [2.24, 2.45) is 5.92 Å². The van der Waals surface area contributed by atoms with Gasteiger partial charge in [0.2, 0.25) is 5.91 Å². The number of benzene rings is 2. The van der Waals surface area contributed by atoms with Crippen LogP contribution in [0.15, 0.2) is 48.5 Å². The molecule has 1 N–H and O–H groups in total. The molecular weight excluding hydrogens is 430 g/mol. The Morgan fingerprint density at radius 2 is 1.84 bits per heavy atom. The van der Waals surface area contributed by atoms with Gasteiger partial charge in [0.05, 0.1) is 28.0 Å². The number of rotatable bonds is 7. The van der Waals surface area contributed by atoms with Crippen molar-refractivity contribution in [1.29, 1.82) is 0 Å². The predicted molar refractivity (Wildman–Crippen MR) is 107 cm³/mol. The third-order valence-corrected chi connectivity index (χ3v) is 4.89. The average molecular weight is 446 g/mol. The zero-order chi connectivity index (χ0) is 22.5. The van der Waals surface area contributed by atoms with Crippen molar-refractivity contribution in [1.82, 2.24) is 10.4 Å². The van der Waals surface area contributed by atoms with Crippen LogP contribution in [-0.4, -0.2) is 46.7 Å². The van der Waals surface area contributed by atoms with Crippen LogP contribution in [-0.2, 0) is 14.3 Å². The van der Waals surface area contributed by atoms with Crippen molar-refractivity contribution in [3.63, 3.8) is 0 Å². The van der Waals surface area contributed by atoms with Gasteiger partial charge in [-0.3, -0.25) is 39.7 Å². The van der Waals surface area contributed by atoms with E-state index >= 15 is 0 Å². The Balaban J connectivity index is 1.53. The zero-order valence-electron chi connectivity index (χ0n) is 15.9. The minimum absolute atomic E-state index is 0.112. The highest BCUT2D eigenvalue weighted by molar-refractivity contribution is 6.33. The molecular formula is C20H16ClN3O7. The zero-order valence-corrected chi connectivity index (χ0v) is 16.7. The second-order valence-corrected chi connectivity index (χ2v) is 7.07. The number of nitrogens with one attached hydrogen (secondary N) is 1. The first-order valence-electron chi connectivity index (χ1n) is 9.06. The summed E-state index contributed by atoms with van der Waals surface area (Å²) in [5, 5.41) is 11.9. The van der Waals surface area contributed by atoms with Crippen LogP contribution in [0.4, 0.5) is 5.69 Å². The SMILES string of the molecule is O=C(COC(=O)[C@H]1CC(=O)N(NC(=O)c2ccccc2Cl)C1)c1ccc([N+](=O)[O-])cc1. The molecule has 160 valence electrons. The number of nitrogens with zero attached hydrogens (tertiary/aromatic N) is 2. The van der Waals surface area contributed by atoms with E-state index in [-0.39, 0.29) is 34.8 Å². The molecule has 1 saturated heterocycles. The van der Waals surface area contributed by atoms with Crippen molar-refractivity contribution in [2.75, 3.05) is 13.2 Å². The summed E-state index contributed by atoms with van der Waals surface area (Å²) in [5.41, 5.74) is 2.56. The normalized spacial score (nSPS) is 15.5. The molecule has 0 radical (unpaired) electrons. The van der Waals surface area contributed by atoms with Gasteiger partial charge in [0.1, 0.15) is 0 Å². The number of nitro groups is 1. The third-order valence-electron chi connectivity index (χ3n) is 4.56. The predicted octanol–water partition coefficient (Wildman–Crippen LogP) is 2.17. The van der Waals surface area contributed by atoms with Crippen LogP contribution < -0.4 is 5.43 Å². The van der Waals surface area contributed by atoms with Gasteiger partial charge in [0, 0.05) is 24.1 Å². The Bertz CT molecular complexity index is 1050. The Hall–Kier alpha value is -3.79. The first kappa shape index (κ1) is 21.9. The van der Waals surface area contributed by atoms with Crippen LogP contribution in [0.1, 0.15) is 27.1 Å². The smallest absolute Gasteiger partial charge is 0.311 e. The summed E-state index contributed by atoms with van der Waals surface area (Å²) in [6.07, 6.45) is -0.187. The first-order valence-corrected chi connectivity index (χ1v) is 9.44. The lowest BCUT2D eigenvalue weighted by Gasteiger charge is -2.18. The molecule has 3 rings (SSSR count). The molecule has 1 fully saturated rings. The number of non-ortho nitro benzene ring substituents is 1. The molecule has 1 atom stereocenters. The molecule has 1 aliphatic heterocycles. The number of hydrazine groups is 1. The standard InChI is InChI=1S/C20H16ClN3O7/c21-16-4-2-1-3-15(16)19(27)22-23-10-13(9-18(23)26)20(28)31-11-17(25)12-5-7-14(8-6-12)24(29)30/h1-8,13H,9-11H2,(H,22,27)/t13-/m0/s1. The second kappa shape index (κ2) is 9.35. The molecule has 2 aromatic carbocycles. The van der Waals surface area contributed by atoms with Crippen LogP contribution in [0.3, 0.4) is 0 Å². The Morgan fingerprint density at radius 3 is 2.48 bits per heavy atom.